The van der Waals surface area contributed by atoms with Crippen LogP contribution in [0, 0.1) is 0 Å². The molecule has 6 rings (SSSR count). The highest BCUT2D eigenvalue weighted by atomic mass is 32.2. The molecule has 2 saturated heterocycles. The SMILES string of the molecule is CC(C)(C)c1ccc(S(=O)(=O)N2CCN(C(=O)Cc3ccncc3)CC2)cc1.CC(C)(C)c1ccc(S(=O)(=O)N2CCNCC2)cc1.O=C(O)Cc1ccncc1. The normalized spacial score (nSPS) is 15.7. The minimum absolute atomic E-state index is 0.0118. The summed E-state index contributed by atoms with van der Waals surface area (Å²) in [5, 5.41) is 11.5. The van der Waals surface area contributed by atoms with E-state index < -0.39 is 26.0 Å². The molecule has 1 amide bonds. The van der Waals surface area contributed by atoms with Gasteiger partial charge in [-0.2, -0.15) is 8.61 Å². The zero-order chi connectivity index (χ0) is 41.9. The van der Waals surface area contributed by atoms with E-state index in [2.05, 4.69) is 56.8 Å². The van der Waals surface area contributed by atoms with Crippen molar-refractivity contribution >= 4 is 31.9 Å². The predicted molar refractivity (Wildman–Crippen MR) is 221 cm³/mol. The molecule has 2 aromatic heterocycles. The number of benzene rings is 2. The number of rotatable bonds is 8. The van der Waals surface area contributed by atoms with E-state index in [0.717, 1.165) is 35.3 Å². The number of hydrogen-bond acceptors (Lipinski definition) is 9. The Hall–Kier alpha value is -4.54. The fourth-order valence-electron chi connectivity index (χ4n) is 6.08. The summed E-state index contributed by atoms with van der Waals surface area (Å²) in [4.78, 5) is 32.7. The molecule has 0 radical (unpaired) electrons. The monoisotopic (exact) mass is 820 g/mol. The summed E-state index contributed by atoms with van der Waals surface area (Å²) in [5.74, 6) is -0.802. The van der Waals surface area contributed by atoms with E-state index >= 15 is 0 Å². The lowest BCUT2D eigenvalue weighted by molar-refractivity contribution is -0.136. The molecule has 2 aliphatic rings. The van der Waals surface area contributed by atoms with Gasteiger partial charge in [0.2, 0.25) is 26.0 Å². The first kappa shape index (κ1) is 45.2. The molecule has 4 aromatic rings. The Kier molecular flexibility index (Phi) is 15.6. The number of piperazine rings is 2. The average molecular weight is 821 g/mol. The molecular weight excluding hydrogens is 765 g/mol. The summed E-state index contributed by atoms with van der Waals surface area (Å²) < 4.78 is 53.8. The highest BCUT2D eigenvalue weighted by Gasteiger charge is 2.31. The van der Waals surface area contributed by atoms with Gasteiger partial charge < -0.3 is 15.3 Å². The number of carbonyl (C=O) groups is 2. The van der Waals surface area contributed by atoms with Gasteiger partial charge in [0, 0.05) is 77.1 Å². The lowest BCUT2D eigenvalue weighted by Crippen LogP contribution is -2.50. The zero-order valence-electron chi connectivity index (χ0n) is 33.8. The van der Waals surface area contributed by atoms with Crippen molar-refractivity contribution in [3.05, 3.63) is 120 Å². The van der Waals surface area contributed by atoms with Crippen LogP contribution < -0.4 is 5.32 Å². The van der Waals surface area contributed by atoms with Crippen molar-refractivity contribution in [2.24, 2.45) is 0 Å². The standard InChI is InChI=1S/C21H27N3O3S.C14H22N2O2S.C7H7NO2/c1-21(2,3)18-4-6-19(7-5-18)28(26,27)24-14-12-23(13-15-24)20(25)16-17-8-10-22-11-9-17;1-14(2,3)12-4-6-13(7-5-12)19(17,18)16-10-8-15-9-11-16;9-7(10)5-6-1-3-8-4-2-6/h4-11H,12-16H2,1-3H3;4-7,15H,8-11H2,1-3H3;1-4H,5H2,(H,9,10). The number of nitrogens with zero attached hydrogens (tertiary/aromatic N) is 5. The first-order chi connectivity index (χ1) is 26.8. The van der Waals surface area contributed by atoms with Crippen molar-refractivity contribution in [3.63, 3.8) is 0 Å². The molecule has 57 heavy (non-hydrogen) atoms. The third kappa shape index (κ3) is 13.3. The molecule has 4 heterocycles. The third-order valence-corrected chi connectivity index (χ3v) is 13.4. The topological polar surface area (TPSA) is 170 Å². The van der Waals surface area contributed by atoms with Crippen LogP contribution in [0.2, 0.25) is 0 Å². The molecule has 2 fully saturated rings. The second-order valence-electron chi connectivity index (χ2n) is 15.9. The van der Waals surface area contributed by atoms with Crippen LogP contribution in [0.1, 0.15) is 63.8 Å². The molecule has 0 atom stereocenters. The Morgan fingerprint density at radius 1 is 0.579 bits per heavy atom. The number of aromatic nitrogens is 2. The molecule has 2 aliphatic heterocycles. The Morgan fingerprint density at radius 2 is 0.947 bits per heavy atom. The number of hydrogen-bond donors (Lipinski definition) is 2. The quantitative estimate of drug-likeness (QED) is 0.253. The van der Waals surface area contributed by atoms with E-state index in [9.17, 15) is 26.4 Å². The van der Waals surface area contributed by atoms with Crippen molar-refractivity contribution in [2.45, 2.75) is 75.0 Å². The number of sulfonamides is 2. The van der Waals surface area contributed by atoms with E-state index in [0.29, 0.717) is 55.5 Å². The summed E-state index contributed by atoms with van der Waals surface area (Å²) in [6, 6.07) is 21.4. The molecule has 13 nitrogen and oxygen atoms in total. The van der Waals surface area contributed by atoms with Gasteiger partial charge in [-0.05, 0) is 81.6 Å². The van der Waals surface area contributed by atoms with Crippen LogP contribution in [0.5, 0.6) is 0 Å². The molecule has 0 unspecified atom stereocenters. The van der Waals surface area contributed by atoms with Crippen LogP contribution >= 0.6 is 0 Å². The van der Waals surface area contributed by atoms with E-state index in [1.54, 1.807) is 70.4 Å². The first-order valence-corrected chi connectivity index (χ1v) is 21.9. The second kappa shape index (κ2) is 19.7. The van der Waals surface area contributed by atoms with Crippen LogP contribution in [0.15, 0.2) is 107 Å². The third-order valence-electron chi connectivity index (χ3n) is 9.59. The highest BCUT2D eigenvalue weighted by Crippen LogP contribution is 2.26. The van der Waals surface area contributed by atoms with Crippen molar-refractivity contribution in [1.29, 1.82) is 0 Å². The van der Waals surface area contributed by atoms with Gasteiger partial charge in [-0.3, -0.25) is 19.6 Å². The van der Waals surface area contributed by atoms with Gasteiger partial charge in [0.05, 0.1) is 22.6 Å². The van der Waals surface area contributed by atoms with Gasteiger partial charge in [0.25, 0.3) is 0 Å². The van der Waals surface area contributed by atoms with Crippen molar-refractivity contribution in [1.82, 2.24) is 28.8 Å². The van der Waals surface area contributed by atoms with Crippen LogP contribution in [-0.4, -0.2) is 110 Å². The van der Waals surface area contributed by atoms with Gasteiger partial charge in [0.1, 0.15) is 0 Å². The molecule has 0 aliphatic carbocycles. The van der Waals surface area contributed by atoms with Crippen molar-refractivity contribution in [2.75, 3.05) is 52.4 Å². The van der Waals surface area contributed by atoms with Crippen LogP contribution in [-0.2, 0) is 53.3 Å². The highest BCUT2D eigenvalue weighted by molar-refractivity contribution is 7.89. The minimum Gasteiger partial charge on any atom is -0.481 e. The molecule has 308 valence electrons. The van der Waals surface area contributed by atoms with E-state index in [1.165, 1.54) is 4.31 Å². The largest absolute Gasteiger partial charge is 0.481 e. The van der Waals surface area contributed by atoms with E-state index in [4.69, 9.17) is 5.11 Å². The van der Waals surface area contributed by atoms with Crippen LogP contribution in [0.4, 0.5) is 0 Å². The van der Waals surface area contributed by atoms with E-state index in [-0.39, 0.29) is 23.2 Å². The fraction of sp³-hybridized carbons (Fsp3) is 0.429. The summed E-state index contributed by atoms with van der Waals surface area (Å²) in [7, 11) is -6.88. The smallest absolute Gasteiger partial charge is 0.307 e. The van der Waals surface area contributed by atoms with Crippen LogP contribution in [0.25, 0.3) is 0 Å². The summed E-state index contributed by atoms with van der Waals surface area (Å²) in [5.41, 5.74) is 3.95. The zero-order valence-corrected chi connectivity index (χ0v) is 35.4. The molecule has 2 aromatic carbocycles. The van der Waals surface area contributed by atoms with Crippen molar-refractivity contribution < 1.29 is 31.5 Å². The Balaban J connectivity index is 0.000000213. The number of aliphatic carboxylic acids is 1. The lowest BCUT2D eigenvalue weighted by Gasteiger charge is -2.34. The van der Waals surface area contributed by atoms with Gasteiger partial charge in [-0.15, -0.1) is 0 Å². The number of amides is 1. The molecular formula is C42H56N6O7S2. The lowest BCUT2D eigenvalue weighted by atomic mass is 9.87. The van der Waals surface area contributed by atoms with Gasteiger partial charge in [0.15, 0.2) is 0 Å². The fourth-order valence-corrected chi connectivity index (χ4v) is 8.94. The molecule has 2 N–H and O–H groups in total. The van der Waals surface area contributed by atoms with Gasteiger partial charge in [-0.25, -0.2) is 16.8 Å². The predicted octanol–water partition coefficient (Wildman–Crippen LogP) is 4.74. The Morgan fingerprint density at radius 3 is 1.32 bits per heavy atom. The molecule has 0 bridgehead atoms. The maximum Gasteiger partial charge on any atom is 0.307 e. The summed E-state index contributed by atoms with van der Waals surface area (Å²) in [6.07, 6.45) is 6.87. The minimum atomic E-state index is -3.55. The number of carbonyl (C=O) groups excluding carboxylic acids is 1. The van der Waals surface area contributed by atoms with Gasteiger partial charge >= 0.3 is 5.97 Å². The molecule has 0 saturated carbocycles. The molecule has 15 heteroatoms. The number of carboxylic acid groups (broad SMARTS) is 1. The Bertz CT molecular complexity index is 2110. The van der Waals surface area contributed by atoms with Gasteiger partial charge in [-0.1, -0.05) is 65.8 Å². The number of carboxylic acids is 1. The number of pyridine rings is 2. The molecule has 0 spiro atoms. The maximum atomic E-state index is 12.9. The Labute approximate surface area is 338 Å². The van der Waals surface area contributed by atoms with Crippen molar-refractivity contribution in [3.8, 4) is 0 Å². The summed E-state index contributed by atoms with van der Waals surface area (Å²) in [6.45, 7) is 16.6. The summed E-state index contributed by atoms with van der Waals surface area (Å²) >= 11 is 0. The second-order valence-corrected chi connectivity index (χ2v) is 19.8. The van der Waals surface area contributed by atoms with E-state index in [1.807, 2.05) is 36.4 Å². The maximum absolute atomic E-state index is 12.9. The average Bonchev–Trinajstić information content (AvgIpc) is 3.19. The first-order valence-electron chi connectivity index (χ1n) is 19.0. The number of nitrogens with one attached hydrogen (secondary N) is 1. The van der Waals surface area contributed by atoms with Crippen LogP contribution in [0.3, 0.4) is 0 Å².